The second-order valence-electron chi connectivity index (χ2n) is 4.33. The van der Waals surface area contributed by atoms with E-state index in [1.807, 2.05) is 30.3 Å². The minimum atomic E-state index is -0.625. The van der Waals surface area contributed by atoms with Crippen LogP contribution in [0.3, 0.4) is 0 Å². The number of barbiturate groups is 1. The van der Waals surface area contributed by atoms with Crippen LogP contribution in [0.25, 0.3) is 0 Å². The van der Waals surface area contributed by atoms with Gasteiger partial charge in [0.2, 0.25) is 11.8 Å². The molecule has 4 amide bonds. The van der Waals surface area contributed by atoms with Gasteiger partial charge in [-0.15, -0.1) is 0 Å². The number of carbonyl (C=O) groups excluding carboxylic acids is 3. The molecule has 0 bridgehead atoms. The maximum Gasteiger partial charge on any atom is 0.331 e. The first-order chi connectivity index (χ1) is 8.58. The zero-order valence-electron chi connectivity index (χ0n) is 10.1. The molecule has 0 spiro atoms. The van der Waals surface area contributed by atoms with Gasteiger partial charge in [0.05, 0.1) is 0 Å². The summed E-state index contributed by atoms with van der Waals surface area (Å²) in [6.45, 7) is 1.79. The zero-order chi connectivity index (χ0) is 13.1. The largest absolute Gasteiger partial charge is 0.331 e. The van der Waals surface area contributed by atoms with Crippen molar-refractivity contribution in [1.29, 1.82) is 0 Å². The SMILES string of the molecule is CC(Cc1ccccc1)N1C(=O)CC(=O)NC1=O. The third kappa shape index (κ3) is 2.56. The lowest BCUT2D eigenvalue weighted by atomic mass is 10.1. The number of benzene rings is 1. The lowest BCUT2D eigenvalue weighted by Crippen LogP contribution is -2.56. The smallest absolute Gasteiger partial charge is 0.277 e. The normalized spacial score (nSPS) is 17.6. The minimum Gasteiger partial charge on any atom is -0.277 e. The third-order valence-electron chi connectivity index (χ3n) is 2.86. The van der Waals surface area contributed by atoms with E-state index in [1.165, 1.54) is 0 Å². The lowest BCUT2D eigenvalue weighted by Gasteiger charge is -2.30. The summed E-state index contributed by atoms with van der Waals surface area (Å²) in [6.07, 6.45) is 0.319. The van der Waals surface area contributed by atoms with E-state index in [-0.39, 0.29) is 12.5 Å². The molecule has 0 radical (unpaired) electrons. The average Bonchev–Trinajstić information content (AvgIpc) is 2.28. The molecule has 2 rings (SSSR count). The Morgan fingerprint density at radius 1 is 1.22 bits per heavy atom. The lowest BCUT2D eigenvalue weighted by molar-refractivity contribution is -0.137. The fourth-order valence-corrected chi connectivity index (χ4v) is 2.05. The van der Waals surface area contributed by atoms with Crippen LogP contribution in [0.4, 0.5) is 4.79 Å². The van der Waals surface area contributed by atoms with Crippen molar-refractivity contribution in [2.75, 3.05) is 0 Å². The van der Waals surface area contributed by atoms with Crippen molar-refractivity contribution < 1.29 is 14.4 Å². The molecular formula is C13H14N2O3. The minimum absolute atomic E-state index is 0.259. The molecule has 1 N–H and O–H groups in total. The average molecular weight is 246 g/mol. The molecule has 0 aliphatic carbocycles. The number of nitrogens with one attached hydrogen (secondary N) is 1. The Kier molecular flexibility index (Phi) is 3.41. The number of carbonyl (C=O) groups is 3. The third-order valence-corrected chi connectivity index (χ3v) is 2.86. The highest BCUT2D eigenvalue weighted by Crippen LogP contribution is 2.13. The topological polar surface area (TPSA) is 66.5 Å². The van der Waals surface area contributed by atoms with Gasteiger partial charge >= 0.3 is 6.03 Å². The fraction of sp³-hybridized carbons (Fsp3) is 0.308. The molecule has 1 aromatic rings. The van der Waals surface area contributed by atoms with Crippen molar-refractivity contribution >= 4 is 17.8 Å². The van der Waals surface area contributed by atoms with Gasteiger partial charge in [-0.2, -0.15) is 0 Å². The molecule has 18 heavy (non-hydrogen) atoms. The first-order valence-electron chi connectivity index (χ1n) is 5.77. The quantitative estimate of drug-likeness (QED) is 0.812. The van der Waals surface area contributed by atoms with Crippen LogP contribution in [0.1, 0.15) is 18.9 Å². The van der Waals surface area contributed by atoms with Crippen molar-refractivity contribution in [3.05, 3.63) is 35.9 Å². The summed E-state index contributed by atoms with van der Waals surface area (Å²) in [6, 6.07) is 8.70. The molecule has 5 nitrogen and oxygen atoms in total. The van der Waals surface area contributed by atoms with Gasteiger partial charge in [0.1, 0.15) is 6.42 Å². The first kappa shape index (κ1) is 12.3. The van der Waals surface area contributed by atoms with Gasteiger partial charge in [0.25, 0.3) is 0 Å². The molecular weight excluding hydrogens is 232 g/mol. The maximum absolute atomic E-state index is 11.7. The monoisotopic (exact) mass is 246 g/mol. The van der Waals surface area contributed by atoms with E-state index < -0.39 is 17.8 Å². The molecule has 1 aromatic carbocycles. The van der Waals surface area contributed by atoms with Crippen molar-refractivity contribution in [2.45, 2.75) is 25.8 Å². The van der Waals surface area contributed by atoms with Crippen LogP contribution < -0.4 is 5.32 Å². The van der Waals surface area contributed by atoms with Gasteiger partial charge in [-0.3, -0.25) is 19.8 Å². The molecule has 1 atom stereocenters. The summed E-state index contributed by atoms with van der Waals surface area (Å²) in [4.78, 5) is 35.5. The molecule has 1 aliphatic rings. The van der Waals surface area contributed by atoms with Crippen LogP contribution >= 0.6 is 0 Å². The van der Waals surface area contributed by atoms with Gasteiger partial charge in [-0.1, -0.05) is 30.3 Å². The molecule has 94 valence electrons. The summed E-state index contributed by atoms with van der Waals surface area (Å²) in [5.41, 5.74) is 1.04. The van der Waals surface area contributed by atoms with Crippen molar-refractivity contribution in [2.24, 2.45) is 0 Å². The van der Waals surface area contributed by atoms with Crippen molar-refractivity contribution in [3.8, 4) is 0 Å². The van der Waals surface area contributed by atoms with E-state index in [1.54, 1.807) is 6.92 Å². The number of urea groups is 1. The summed E-state index contributed by atoms with van der Waals surface area (Å²) >= 11 is 0. The van der Waals surface area contributed by atoms with E-state index >= 15 is 0 Å². The van der Waals surface area contributed by atoms with E-state index in [9.17, 15) is 14.4 Å². The molecule has 1 fully saturated rings. The number of rotatable bonds is 3. The summed E-state index contributed by atoms with van der Waals surface area (Å²) in [5, 5.41) is 2.15. The Labute approximate surface area is 105 Å². The van der Waals surface area contributed by atoms with Gasteiger partial charge in [-0.25, -0.2) is 4.79 Å². The predicted octanol–water partition coefficient (Wildman–Crippen LogP) is 1.09. The van der Waals surface area contributed by atoms with Crippen molar-refractivity contribution in [1.82, 2.24) is 10.2 Å². The second kappa shape index (κ2) is 5.00. The zero-order valence-corrected chi connectivity index (χ0v) is 10.1. The maximum atomic E-state index is 11.7. The number of hydrogen-bond acceptors (Lipinski definition) is 3. The van der Waals surface area contributed by atoms with Gasteiger partial charge < -0.3 is 0 Å². The number of imide groups is 2. The molecule has 1 heterocycles. The van der Waals surface area contributed by atoms with Crippen LogP contribution in [0.15, 0.2) is 30.3 Å². The van der Waals surface area contributed by atoms with Crippen LogP contribution in [0, 0.1) is 0 Å². The van der Waals surface area contributed by atoms with E-state index in [0.717, 1.165) is 10.5 Å². The molecule has 0 saturated carbocycles. The summed E-state index contributed by atoms with van der Waals surface area (Å²) < 4.78 is 0. The molecule has 0 aromatic heterocycles. The number of amides is 4. The summed E-state index contributed by atoms with van der Waals surface area (Å²) in [7, 11) is 0. The standard InChI is InChI=1S/C13H14N2O3/c1-9(7-10-5-3-2-4-6-10)15-12(17)8-11(16)14-13(15)18/h2-6,9H,7-8H2,1H3,(H,14,16,18). The molecule has 5 heteroatoms. The predicted molar refractivity (Wildman–Crippen MR) is 64.6 cm³/mol. The van der Waals surface area contributed by atoms with Crippen LogP contribution in [-0.2, 0) is 16.0 Å². The first-order valence-corrected chi connectivity index (χ1v) is 5.77. The molecule has 1 saturated heterocycles. The van der Waals surface area contributed by atoms with Crippen LogP contribution in [0.2, 0.25) is 0 Å². The van der Waals surface area contributed by atoms with Gasteiger partial charge in [0, 0.05) is 6.04 Å². The van der Waals surface area contributed by atoms with Crippen LogP contribution in [0.5, 0.6) is 0 Å². The fourth-order valence-electron chi connectivity index (χ4n) is 2.05. The van der Waals surface area contributed by atoms with Gasteiger partial charge in [0.15, 0.2) is 0 Å². The van der Waals surface area contributed by atoms with E-state index in [2.05, 4.69) is 5.32 Å². The van der Waals surface area contributed by atoms with E-state index in [0.29, 0.717) is 6.42 Å². The Hall–Kier alpha value is -2.17. The van der Waals surface area contributed by atoms with Crippen LogP contribution in [-0.4, -0.2) is 28.8 Å². The second-order valence-corrected chi connectivity index (χ2v) is 4.33. The highest BCUT2D eigenvalue weighted by molar-refractivity contribution is 6.14. The molecule has 1 unspecified atom stereocenters. The Morgan fingerprint density at radius 3 is 2.50 bits per heavy atom. The Bertz CT molecular complexity index is 464. The molecule has 1 aliphatic heterocycles. The Balaban J connectivity index is 2.09. The van der Waals surface area contributed by atoms with Crippen molar-refractivity contribution in [3.63, 3.8) is 0 Å². The number of hydrogen-bond donors (Lipinski definition) is 1. The highest BCUT2D eigenvalue weighted by Gasteiger charge is 2.33. The van der Waals surface area contributed by atoms with Gasteiger partial charge in [-0.05, 0) is 18.9 Å². The Morgan fingerprint density at radius 2 is 1.89 bits per heavy atom. The number of nitrogens with zero attached hydrogens (tertiary/aromatic N) is 1. The highest BCUT2D eigenvalue weighted by atomic mass is 16.2. The summed E-state index contributed by atoms with van der Waals surface area (Å²) in [5.74, 6) is -0.972. The van der Waals surface area contributed by atoms with E-state index in [4.69, 9.17) is 0 Å².